The minimum atomic E-state index is -0.687. The van der Waals surface area contributed by atoms with Crippen molar-refractivity contribution in [3.8, 4) is 0 Å². The Balaban J connectivity index is 0.000000858. The van der Waals surface area contributed by atoms with Crippen molar-refractivity contribution in [1.29, 1.82) is 0 Å². The van der Waals surface area contributed by atoms with E-state index in [1.165, 1.54) is 6.20 Å². The van der Waals surface area contributed by atoms with E-state index in [1.807, 2.05) is 0 Å². The number of nitrogens with zero attached hydrogens (tertiary/aromatic N) is 1. The van der Waals surface area contributed by atoms with Crippen LogP contribution in [0.4, 0.5) is 0 Å². The van der Waals surface area contributed by atoms with E-state index in [0.717, 1.165) is 25.7 Å². The molecule has 1 spiro atoms. The monoisotopic (exact) mass is 436 g/mol. The Morgan fingerprint density at radius 2 is 2.16 bits per heavy atom. The Morgan fingerprint density at radius 3 is 2.84 bits per heavy atom. The second-order valence-corrected chi connectivity index (χ2v) is 8.21. The minimum Gasteiger partial charge on any atom is -0.483 e. The van der Waals surface area contributed by atoms with Gasteiger partial charge in [0, 0.05) is 37.5 Å². The Labute approximate surface area is 178 Å². The molecule has 31 heavy (non-hydrogen) atoms. The van der Waals surface area contributed by atoms with Gasteiger partial charge in [-0.15, -0.1) is 0 Å². The van der Waals surface area contributed by atoms with E-state index in [2.05, 4.69) is 22.2 Å². The predicted octanol–water partition coefficient (Wildman–Crippen LogP) is -0.310. The molecule has 4 heterocycles. The molecule has 3 aliphatic rings. The van der Waals surface area contributed by atoms with Gasteiger partial charge in [0.15, 0.2) is 0 Å². The SMILES string of the molecule is CCCCC(=O)NC[C@H]1[C@H]2CN(C(=O)c3c[nH]c(=O)[nH]c3=O)C[C@]23CC[C@H]1O3.O=CO. The van der Waals surface area contributed by atoms with E-state index >= 15 is 0 Å². The average Bonchev–Trinajstić information content (AvgIpc) is 3.39. The van der Waals surface area contributed by atoms with Crippen molar-refractivity contribution < 1.29 is 24.2 Å². The quantitative estimate of drug-likeness (QED) is 0.445. The van der Waals surface area contributed by atoms with Crippen molar-refractivity contribution >= 4 is 18.3 Å². The Morgan fingerprint density at radius 1 is 1.42 bits per heavy atom. The number of hydrogen-bond donors (Lipinski definition) is 4. The lowest BCUT2D eigenvalue weighted by Crippen LogP contribution is -2.41. The summed E-state index contributed by atoms with van der Waals surface area (Å²) in [5, 5.41) is 9.92. The second kappa shape index (κ2) is 9.46. The standard InChI is InChI=1S/C19H26N4O5.CH2O2/c1-2-3-4-15(24)20-7-11-13-9-23(10-19(13)6-5-14(11)28-19)17(26)12-8-21-18(27)22-16(12)25;2-1-3/h8,11,13-14H,2-7,9-10H2,1H3,(H,20,24)(H2,21,22,25,27);1H,(H,2,3)/t11-,13+,14+,19+;/m0./s1. The maximum absolute atomic E-state index is 12.8. The fourth-order valence-electron chi connectivity index (χ4n) is 5.01. The number of amides is 2. The fraction of sp³-hybridized carbons (Fsp3) is 0.650. The van der Waals surface area contributed by atoms with Gasteiger partial charge in [0.1, 0.15) is 5.56 Å². The summed E-state index contributed by atoms with van der Waals surface area (Å²) in [5.74, 6) is -0.0297. The number of rotatable bonds is 6. The average molecular weight is 436 g/mol. The molecule has 0 aliphatic carbocycles. The van der Waals surface area contributed by atoms with Crippen LogP contribution in [0.5, 0.6) is 0 Å². The zero-order valence-corrected chi connectivity index (χ0v) is 17.4. The molecule has 2 bridgehead atoms. The van der Waals surface area contributed by atoms with Crippen molar-refractivity contribution in [3.63, 3.8) is 0 Å². The summed E-state index contributed by atoms with van der Waals surface area (Å²) in [5.41, 5.74) is -1.78. The third-order valence-corrected chi connectivity index (χ3v) is 6.41. The maximum Gasteiger partial charge on any atom is 0.325 e. The lowest BCUT2D eigenvalue weighted by atomic mass is 9.73. The summed E-state index contributed by atoms with van der Waals surface area (Å²) in [7, 11) is 0. The zero-order valence-electron chi connectivity index (χ0n) is 17.4. The first kappa shape index (κ1) is 22.7. The highest BCUT2D eigenvalue weighted by Gasteiger charge is 2.63. The van der Waals surface area contributed by atoms with Crippen LogP contribution in [-0.4, -0.2) is 69.6 Å². The molecule has 2 amide bonds. The van der Waals surface area contributed by atoms with Crippen molar-refractivity contribution in [2.75, 3.05) is 19.6 Å². The van der Waals surface area contributed by atoms with E-state index in [9.17, 15) is 19.2 Å². The molecule has 3 aliphatic heterocycles. The number of aromatic nitrogens is 2. The third-order valence-electron chi connectivity index (χ3n) is 6.41. The first-order valence-electron chi connectivity index (χ1n) is 10.5. The Kier molecular flexibility index (Phi) is 6.94. The number of nitrogens with one attached hydrogen (secondary N) is 3. The van der Waals surface area contributed by atoms with Crippen LogP contribution < -0.4 is 16.6 Å². The molecule has 1 aromatic rings. The molecule has 3 saturated heterocycles. The summed E-state index contributed by atoms with van der Waals surface area (Å²) in [4.78, 5) is 62.4. The number of aromatic amines is 2. The van der Waals surface area contributed by atoms with Gasteiger partial charge in [-0.2, -0.15) is 0 Å². The van der Waals surface area contributed by atoms with Crippen LogP contribution in [0.3, 0.4) is 0 Å². The van der Waals surface area contributed by atoms with Gasteiger partial charge in [-0.1, -0.05) is 13.3 Å². The summed E-state index contributed by atoms with van der Waals surface area (Å²) in [6.45, 7) is 3.29. The molecule has 11 heteroatoms. The number of carbonyl (C=O) groups is 3. The minimum absolute atomic E-state index is 0.0596. The Bertz CT molecular complexity index is 942. The van der Waals surface area contributed by atoms with E-state index in [-0.39, 0.29) is 41.5 Å². The number of carbonyl (C=O) groups excluding carboxylic acids is 2. The number of likely N-dealkylation sites (tertiary alicyclic amines) is 1. The van der Waals surface area contributed by atoms with E-state index < -0.39 is 17.2 Å². The van der Waals surface area contributed by atoms with Crippen molar-refractivity contribution in [1.82, 2.24) is 20.2 Å². The number of hydrogen-bond acceptors (Lipinski definition) is 6. The van der Waals surface area contributed by atoms with Gasteiger partial charge in [0.25, 0.3) is 17.9 Å². The maximum atomic E-state index is 12.8. The topological polar surface area (TPSA) is 162 Å². The van der Waals surface area contributed by atoms with Gasteiger partial charge < -0.3 is 25.0 Å². The van der Waals surface area contributed by atoms with Gasteiger partial charge in [-0.25, -0.2) is 4.79 Å². The highest BCUT2D eigenvalue weighted by atomic mass is 16.5. The lowest BCUT2D eigenvalue weighted by Gasteiger charge is -2.29. The smallest absolute Gasteiger partial charge is 0.325 e. The normalized spacial score (nSPS) is 27.9. The van der Waals surface area contributed by atoms with Crippen LogP contribution in [0, 0.1) is 11.8 Å². The first-order chi connectivity index (χ1) is 14.8. The van der Waals surface area contributed by atoms with Crippen LogP contribution in [0.25, 0.3) is 0 Å². The van der Waals surface area contributed by atoms with Crippen LogP contribution in [0.1, 0.15) is 49.4 Å². The summed E-state index contributed by atoms with van der Waals surface area (Å²) >= 11 is 0. The van der Waals surface area contributed by atoms with Crippen LogP contribution in [-0.2, 0) is 14.3 Å². The molecule has 170 valence electrons. The number of ether oxygens (including phenoxy) is 1. The van der Waals surface area contributed by atoms with Crippen molar-refractivity contribution in [2.45, 2.75) is 50.7 Å². The lowest BCUT2D eigenvalue weighted by molar-refractivity contribution is -0.123. The van der Waals surface area contributed by atoms with E-state index in [0.29, 0.717) is 26.1 Å². The third kappa shape index (κ3) is 4.55. The highest BCUT2D eigenvalue weighted by Crippen LogP contribution is 2.54. The molecule has 0 saturated carbocycles. The molecular formula is C20H28N4O7. The van der Waals surface area contributed by atoms with Gasteiger partial charge in [0.2, 0.25) is 5.91 Å². The molecule has 4 N–H and O–H groups in total. The van der Waals surface area contributed by atoms with Gasteiger partial charge in [0.05, 0.1) is 18.2 Å². The van der Waals surface area contributed by atoms with Gasteiger partial charge in [-0.3, -0.25) is 24.2 Å². The van der Waals surface area contributed by atoms with Crippen molar-refractivity contribution in [3.05, 3.63) is 32.6 Å². The number of H-pyrrole nitrogens is 2. The molecule has 1 aromatic heterocycles. The van der Waals surface area contributed by atoms with Gasteiger partial charge >= 0.3 is 5.69 Å². The Hall–Kier alpha value is -2.95. The first-order valence-corrected chi connectivity index (χ1v) is 10.5. The van der Waals surface area contributed by atoms with Crippen molar-refractivity contribution in [2.24, 2.45) is 11.8 Å². The fourth-order valence-corrected chi connectivity index (χ4v) is 5.01. The highest BCUT2D eigenvalue weighted by molar-refractivity contribution is 5.93. The van der Waals surface area contributed by atoms with E-state index in [4.69, 9.17) is 14.6 Å². The largest absolute Gasteiger partial charge is 0.483 e. The van der Waals surface area contributed by atoms with Crippen LogP contribution in [0.15, 0.2) is 15.8 Å². The number of fused-ring (bicyclic) bond motifs is 1. The van der Waals surface area contributed by atoms with E-state index in [1.54, 1.807) is 4.90 Å². The zero-order chi connectivity index (χ0) is 22.6. The molecule has 0 radical (unpaired) electrons. The van der Waals surface area contributed by atoms with Crippen LogP contribution >= 0.6 is 0 Å². The summed E-state index contributed by atoms with van der Waals surface area (Å²) in [6.07, 6.45) is 5.48. The molecule has 4 rings (SSSR count). The summed E-state index contributed by atoms with van der Waals surface area (Å²) < 4.78 is 6.29. The molecule has 11 nitrogen and oxygen atoms in total. The predicted molar refractivity (Wildman–Crippen MR) is 109 cm³/mol. The van der Waals surface area contributed by atoms with Gasteiger partial charge in [-0.05, 0) is 19.3 Å². The number of carboxylic acid groups (broad SMARTS) is 1. The molecule has 0 unspecified atom stereocenters. The second-order valence-electron chi connectivity index (χ2n) is 8.21. The molecule has 3 fully saturated rings. The molecule has 0 aromatic carbocycles. The summed E-state index contributed by atoms with van der Waals surface area (Å²) in [6, 6.07) is 0. The molecular weight excluding hydrogens is 408 g/mol. The number of unbranched alkanes of at least 4 members (excludes halogenated alkanes) is 1. The van der Waals surface area contributed by atoms with Crippen LogP contribution in [0.2, 0.25) is 0 Å². The molecule has 4 atom stereocenters.